The highest BCUT2D eigenvalue weighted by molar-refractivity contribution is 7.19. The fourth-order valence-electron chi connectivity index (χ4n) is 4.16. The third-order valence-electron chi connectivity index (χ3n) is 7.34. The van der Waals surface area contributed by atoms with E-state index in [0.29, 0.717) is 21.0 Å². The van der Waals surface area contributed by atoms with Crippen LogP contribution in [0.2, 0.25) is 18.1 Å². The molecule has 3 aromatic heterocycles. The average Bonchev–Trinajstić information content (AvgIpc) is 3.36. The van der Waals surface area contributed by atoms with Crippen LogP contribution in [0.25, 0.3) is 4.83 Å². The Morgan fingerprint density at radius 3 is 2.57 bits per heavy atom. The quantitative estimate of drug-likeness (QED) is 0.273. The monoisotopic (exact) mass is 512 g/mol. The number of ketones is 2. The molecular formula is C25H32N4O4SSi. The van der Waals surface area contributed by atoms with Gasteiger partial charge in [-0.05, 0) is 37.2 Å². The lowest BCUT2D eigenvalue weighted by atomic mass is 9.77. The van der Waals surface area contributed by atoms with Gasteiger partial charge in [-0.15, -0.1) is 11.3 Å². The number of nitrogens with zero attached hydrogens (tertiary/aromatic N) is 3. The SMILES string of the molecule is C[C@H](O[Si](C)(C)C(C)(C)C)[C@H]1C(=O)N[C@@H]1[C@@H](C)C(=O)c1cn2cnc(C(=O)c3cccnc3)c2s1. The van der Waals surface area contributed by atoms with Gasteiger partial charge in [0.1, 0.15) is 16.9 Å². The van der Waals surface area contributed by atoms with Gasteiger partial charge >= 0.3 is 0 Å². The zero-order valence-corrected chi connectivity index (χ0v) is 23.0. The Morgan fingerprint density at radius 1 is 1.26 bits per heavy atom. The van der Waals surface area contributed by atoms with E-state index in [1.54, 1.807) is 35.3 Å². The first-order valence-corrected chi connectivity index (χ1v) is 15.5. The molecular weight excluding hydrogens is 480 g/mol. The lowest BCUT2D eigenvalue weighted by Crippen LogP contribution is -2.66. The predicted octanol–water partition coefficient (Wildman–Crippen LogP) is 4.37. The Morgan fingerprint density at radius 2 is 1.97 bits per heavy atom. The van der Waals surface area contributed by atoms with Gasteiger partial charge in [-0.25, -0.2) is 4.98 Å². The Labute approximate surface area is 210 Å². The molecule has 0 spiro atoms. The molecule has 10 heteroatoms. The van der Waals surface area contributed by atoms with Crippen molar-refractivity contribution in [1.29, 1.82) is 0 Å². The molecule has 1 amide bonds. The first-order chi connectivity index (χ1) is 16.3. The first kappa shape index (κ1) is 25.4. The summed E-state index contributed by atoms with van der Waals surface area (Å²) in [6, 6.07) is 3.09. The topological polar surface area (TPSA) is 103 Å². The zero-order chi connectivity index (χ0) is 25.7. The van der Waals surface area contributed by atoms with Crippen LogP contribution >= 0.6 is 11.3 Å². The van der Waals surface area contributed by atoms with Crippen molar-refractivity contribution in [1.82, 2.24) is 19.7 Å². The van der Waals surface area contributed by atoms with Crippen LogP contribution in [-0.2, 0) is 9.22 Å². The van der Waals surface area contributed by atoms with E-state index in [9.17, 15) is 14.4 Å². The number of aromatic nitrogens is 3. The summed E-state index contributed by atoms with van der Waals surface area (Å²) in [4.78, 5) is 48.2. The number of rotatable bonds is 8. The number of carbonyl (C=O) groups is 3. The average molecular weight is 513 g/mol. The van der Waals surface area contributed by atoms with E-state index in [1.165, 1.54) is 17.5 Å². The molecule has 4 heterocycles. The minimum absolute atomic E-state index is 0.0240. The molecule has 0 radical (unpaired) electrons. The number of Topliss-reactive ketones (excluding diaryl/α,β-unsaturated/α-hetero) is 1. The van der Waals surface area contributed by atoms with Crippen molar-refractivity contribution in [3.63, 3.8) is 0 Å². The minimum Gasteiger partial charge on any atom is -0.413 e. The van der Waals surface area contributed by atoms with Crippen LogP contribution in [0, 0.1) is 11.8 Å². The van der Waals surface area contributed by atoms with Gasteiger partial charge in [0.05, 0.1) is 22.9 Å². The molecule has 1 aliphatic rings. The number of carbonyl (C=O) groups excluding carboxylic acids is 3. The summed E-state index contributed by atoms with van der Waals surface area (Å²) in [5, 5.41) is 2.95. The molecule has 1 fully saturated rings. The Hall–Kier alpha value is -2.69. The summed E-state index contributed by atoms with van der Waals surface area (Å²) in [6.45, 7) is 14.6. The summed E-state index contributed by atoms with van der Waals surface area (Å²) in [5.41, 5.74) is 0.736. The van der Waals surface area contributed by atoms with E-state index in [4.69, 9.17) is 4.43 Å². The number of thiazole rings is 1. The van der Waals surface area contributed by atoms with E-state index in [0.717, 1.165) is 0 Å². The van der Waals surface area contributed by atoms with Crippen LogP contribution < -0.4 is 5.32 Å². The van der Waals surface area contributed by atoms with E-state index in [1.807, 2.05) is 13.8 Å². The molecule has 1 aliphatic heterocycles. The van der Waals surface area contributed by atoms with Gasteiger partial charge in [-0.1, -0.05) is 27.7 Å². The van der Waals surface area contributed by atoms with Crippen molar-refractivity contribution in [3.8, 4) is 0 Å². The van der Waals surface area contributed by atoms with E-state index in [-0.39, 0.29) is 40.6 Å². The number of pyridine rings is 1. The Balaban J connectivity index is 1.52. The highest BCUT2D eigenvalue weighted by atomic mass is 32.1. The summed E-state index contributed by atoms with van der Waals surface area (Å²) < 4.78 is 8.18. The fourth-order valence-corrected chi connectivity index (χ4v) is 6.70. The van der Waals surface area contributed by atoms with Crippen LogP contribution in [-0.4, -0.2) is 52.3 Å². The summed E-state index contributed by atoms with van der Waals surface area (Å²) in [7, 11) is -2.07. The molecule has 0 aliphatic carbocycles. The Bertz CT molecular complexity index is 1280. The molecule has 3 aromatic rings. The lowest BCUT2D eigenvalue weighted by molar-refractivity contribution is -0.141. The predicted molar refractivity (Wildman–Crippen MR) is 137 cm³/mol. The summed E-state index contributed by atoms with van der Waals surface area (Å²) >= 11 is 1.24. The number of nitrogens with one attached hydrogen (secondary N) is 1. The Kier molecular flexibility index (Phi) is 6.58. The van der Waals surface area contributed by atoms with E-state index in [2.05, 4.69) is 49.1 Å². The highest BCUT2D eigenvalue weighted by Gasteiger charge is 2.50. The molecule has 35 heavy (non-hydrogen) atoms. The number of hydrogen-bond donors (Lipinski definition) is 1. The van der Waals surface area contributed by atoms with Crippen LogP contribution in [0.4, 0.5) is 0 Å². The maximum absolute atomic E-state index is 13.4. The second-order valence-corrected chi connectivity index (χ2v) is 16.6. The number of amides is 1. The second kappa shape index (κ2) is 9.07. The van der Waals surface area contributed by atoms with Gasteiger partial charge in [0.2, 0.25) is 11.7 Å². The van der Waals surface area contributed by atoms with Crippen molar-refractivity contribution in [2.75, 3.05) is 0 Å². The molecule has 1 saturated heterocycles. The van der Waals surface area contributed by atoms with Gasteiger partial charge < -0.3 is 9.74 Å². The molecule has 4 atom stereocenters. The molecule has 0 aromatic carbocycles. The minimum atomic E-state index is -2.07. The molecule has 1 N–H and O–H groups in total. The van der Waals surface area contributed by atoms with Gasteiger partial charge in [0.15, 0.2) is 14.1 Å². The van der Waals surface area contributed by atoms with Crippen LogP contribution in [0.1, 0.15) is 60.3 Å². The maximum atomic E-state index is 13.4. The van der Waals surface area contributed by atoms with Crippen molar-refractivity contribution in [2.24, 2.45) is 11.8 Å². The van der Waals surface area contributed by atoms with E-state index >= 15 is 0 Å². The van der Waals surface area contributed by atoms with Gasteiger partial charge in [-0.3, -0.25) is 23.8 Å². The second-order valence-electron chi connectivity index (χ2n) is 10.8. The van der Waals surface area contributed by atoms with Crippen LogP contribution in [0.15, 0.2) is 37.1 Å². The number of β-lactam (4-membered cyclic amide) rings is 1. The summed E-state index contributed by atoms with van der Waals surface area (Å²) in [5.74, 6) is -1.20. The van der Waals surface area contributed by atoms with Crippen LogP contribution in [0.3, 0.4) is 0 Å². The molecule has 0 saturated carbocycles. The highest BCUT2D eigenvalue weighted by Crippen LogP contribution is 2.40. The molecule has 8 nitrogen and oxygen atoms in total. The number of imidazole rings is 1. The van der Waals surface area contributed by atoms with Crippen molar-refractivity contribution in [3.05, 3.63) is 53.2 Å². The third kappa shape index (κ3) is 4.62. The molecule has 0 unspecified atom stereocenters. The zero-order valence-electron chi connectivity index (χ0n) is 21.2. The normalized spacial score (nSPS) is 20.3. The largest absolute Gasteiger partial charge is 0.413 e. The molecule has 186 valence electrons. The number of fused-ring (bicyclic) bond motifs is 1. The van der Waals surface area contributed by atoms with Crippen molar-refractivity contribution >= 4 is 42.0 Å². The van der Waals surface area contributed by atoms with Gasteiger partial charge in [0, 0.05) is 30.1 Å². The fraction of sp³-hybridized carbons (Fsp3) is 0.480. The maximum Gasteiger partial charge on any atom is 0.228 e. The van der Waals surface area contributed by atoms with Crippen molar-refractivity contribution < 1.29 is 18.8 Å². The lowest BCUT2D eigenvalue weighted by Gasteiger charge is -2.46. The molecule has 4 rings (SSSR count). The third-order valence-corrected chi connectivity index (χ3v) is 13.0. The first-order valence-electron chi connectivity index (χ1n) is 11.8. The van der Waals surface area contributed by atoms with Crippen molar-refractivity contribution in [2.45, 2.75) is 64.9 Å². The van der Waals surface area contributed by atoms with Gasteiger partial charge in [-0.2, -0.15) is 0 Å². The smallest absolute Gasteiger partial charge is 0.228 e. The van der Waals surface area contributed by atoms with E-state index < -0.39 is 14.2 Å². The standard InChI is InChI=1S/C25H32N4O4SSi/c1-14(19-18(23(32)28-19)15(2)33-35(6,7)25(3,4)5)21(30)17-12-29-13-27-20(24(29)34-17)22(31)16-9-8-10-26-11-16/h8-15,18-19H,1-7H3,(H,28,32)/t14-,15+,18-,19-/m1/s1. The van der Waals surface area contributed by atoms with Crippen LogP contribution in [0.5, 0.6) is 0 Å². The summed E-state index contributed by atoms with van der Waals surface area (Å²) in [6.07, 6.45) is 6.07. The number of hydrogen-bond acceptors (Lipinski definition) is 7. The van der Waals surface area contributed by atoms with Gasteiger partial charge in [0.25, 0.3) is 0 Å². The molecule has 0 bridgehead atoms.